The highest BCUT2D eigenvalue weighted by Crippen LogP contribution is 1.87. The van der Waals surface area contributed by atoms with Gasteiger partial charge < -0.3 is 52.1 Å². The smallest absolute Gasteiger partial charge is 0.0704 e. The second kappa shape index (κ2) is 35.8. The van der Waals surface area contributed by atoms with E-state index >= 15 is 0 Å². The van der Waals surface area contributed by atoms with Crippen molar-refractivity contribution in [2.24, 2.45) is 0 Å². The molecule has 0 saturated heterocycles. The molecule has 12 heteroatoms. The zero-order valence-electron chi connectivity index (χ0n) is 22.4. The van der Waals surface area contributed by atoms with E-state index in [2.05, 4.69) is 22.5 Å². The van der Waals surface area contributed by atoms with Gasteiger partial charge in [-0.2, -0.15) is 0 Å². The van der Waals surface area contributed by atoms with E-state index in [9.17, 15) is 0 Å². The Morgan fingerprint density at radius 1 is 0.324 bits per heavy atom. The second-order valence-electron chi connectivity index (χ2n) is 7.18. The van der Waals surface area contributed by atoms with Gasteiger partial charge in [-0.25, -0.2) is 0 Å². The van der Waals surface area contributed by atoms with Gasteiger partial charge >= 0.3 is 0 Å². The molecule has 11 nitrogen and oxygen atoms in total. The lowest BCUT2D eigenvalue weighted by Crippen LogP contribution is -2.15. The molecule has 0 N–H and O–H groups in total. The van der Waals surface area contributed by atoms with E-state index < -0.39 is 0 Å². The zero-order chi connectivity index (χ0) is 26.7. The molecule has 0 heterocycles. The maximum absolute atomic E-state index is 5.45. The van der Waals surface area contributed by atoms with E-state index in [1.54, 1.807) is 6.08 Å². The fourth-order valence-corrected chi connectivity index (χ4v) is 2.65. The van der Waals surface area contributed by atoms with Crippen LogP contribution in [0.4, 0.5) is 0 Å². The van der Waals surface area contributed by atoms with Gasteiger partial charge in [0, 0.05) is 5.33 Å². The van der Waals surface area contributed by atoms with Crippen LogP contribution < -0.4 is 0 Å². The average Bonchev–Trinajstić information content (AvgIpc) is 2.91. The molecule has 0 spiro atoms. The first-order valence-electron chi connectivity index (χ1n) is 12.9. The van der Waals surface area contributed by atoms with Crippen molar-refractivity contribution in [3.05, 3.63) is 12.7 Å². The highest BCUT2D eigenvalue weighted by Gasteiger charge is 1.96. The van der Waals surface area contributed by atoms with Crippen molar-refractivity contribution < 1.29 is 52.1 Å². The van der Waals surface area contributed by atoms with Crippen LogP contribution in [-0.2, 0) is 52.1 Å². The Kier molecular flexibility index (Phi) is 35.6. The molecule has 0 aliphatic carbocycles. The normalized spacial score (nSPS) is 11.4. The van der Waals surface area contributed by atoms with Crippen LogP contribution in [-0.4, -0.2) is 151 Å². The van der Waals surface area contributed by atoms with Gasteiger partial charge in [-0.15, -0.1) is 6.58 Å². The Hall–Kier alpha value is -0.220. The Morgan fingerprint density at radius 2 is 0.514 bits per heavy atom. The predicted molar refractivity (Wildman–Crippen MR) is 143 cm³/mol. The standard InChI is InChI=1S/C25H49BrO11/c1-2-4-27-6-8-29-10-12-31-14-16-33-18-20-35-22-24-37-25-23-36-21-19-34-17-15-32-13-11-30-9-7-28-5-3-26/h2H,1,3-25H2. The van der Waals surface area contributed by atoms with Crippen molar-refractivity contribution in [3.8, 4) is 0 Å². The molecule has 222 valence electrons. The average molecular weight is 606 g/mol. The number of alkyl halides is 1. The highest BCUT2D eigenvalue weighted by atomic mass is 79.9. The van der Waals surface area contributed by atoms with E-state index in [1.165, 1.54) is 0 Å². The minimum atomic E-state index is 0.520. The summed E-state index contributed by atoms with van der Waals surface area (Å²) in [7, 11) is 0. The Bertz CT molecular complexity index is 422. The Balaban J connectivity index is 3.01. The number of ether oxygens (including phenoxy) is 11. The predicted octanol–water partition coefficient (Wildman–Crippen LogP) is 1.75. The second-order valence-corrected chi connectivity index (χ2v) is 7.97. The van der Waals surface area contributed by atoms with E-state index in [4.69, 9.17) is 52.1 Å². The minimum Gasteiger partial charge on any atom is -0.378 e. The number of rotatable bonds is 34. The van der Waals surface area contributed by atoms with E-state index in [0.29, 0.717) is 145 Å². The van der Waals surface area contributed by atoms with Gasteiger partial charge in [0.1, 0.15) is 0 Å². The quantitative estimate of drug-likeness (QED) is 0.0610. The van der Waals surface area contributed by atoms with Gasteiger partial charge in [-0.05, 0) is 0 Å². The molecule has 37 heavy (non-hydrogen) atoms. The summed E-state index contributed by atoms with van der Waals surface area (Å²) < 4.78 is 59.3. The molecule has 0 atom stereocenters. The summed E-state index contributed by atoms with van der Waals surface area (Å²) in [6.45, 7) is 15.6. The molecule has 0 aliphatic rings. The van der Waals surface area contributed by atoms with Gasteiger partial charge in [0.05, 0.1) is 145 Å². The summed E-state index contributed by atoms with van der Waals surface area (Å²) >= 11 is 3.30. The summed E-state index contributed by atoms with van der Waals surface area (Å²) in [5, 5.41) is 0.840. The first kappa shape index (κ1) is 36.8. The van der Waals surface area contributed by atoms with Crippen molar-refractivity contribution in [3.63, 3.8) is 0 Å². The monoisotopic (exact) mass is 604 g/mol. The number of halogens is 1. The summed E-state index contributed by atoms with van der Waals surface area (Å²) in [5.41, 5.74) is 0. The molecule has 0 unspecified atom stereocenters. The Labute approximate surface area is 231 Å². The van der Waals surface area contributed by atoms with Crippen molar-refractivity contribution in [1.29, 1.82) is 0 Å². The summed E-state index contributed by atoms with van der Waals surface area (Å²) in [5.74, 6) is 0. The van der Waals surface area contributed by atoms with E-state index in [-0.39, 0.29) is 0 Å². The lowest BCUT2D eigenvalue weighted by molar-refractivity contribution is -0.0271. The van der Waals surface area contributed by atoms with Crippen molar-refractivity contribution in [2.45, 2.75) is 0 Å². The fraction of sp³-hybridized carbons (Fsp3) is 0.920. The topological polar surface area (TPSA) is 102 Å². The van der Waals surface area contributed by atoms with Crippen LogP contribution in [0.2, 0.25) is 0 Å². The molecule has 0 aromatic heterocycles. The molecule has 0 saturated carbocycles. The molecule has 0 aliphatic heterocycles. The van der Waals surface area contributed by atoms with Crippen LogP contribution in [0.25, 0.3) is 0 Å². The first-order valence-corrected chi connectivity index (χ1v) is 14.1. The van der Waals surface area contributed by atoms with Crippen LogP contribution in [0, 0.1) is 0 Å². The molecular formula is C25H49BrO11. The third-order valence-corrected chi connectivity index (χ3v) is 4.50. The van der Waals surface area contributed by atoms with Crippen LogP contribution >= 0.6 is 15.9 Å². The number of hydrogen-bond acceptors (Lipinski definition) is 11. The van der Waals surface area contributed by atoms with E-state index in [1.807, 2.05) is 0 Å². The maximum atomic E-state index is 5.45. The largest absolute Gasteiger partial charge is 0.378 e. The van der Waals surface area contributed by atoms with Gasteiger partial charge in [0.15, 0.2) is 0 Å². The molecule has 0 amide bonds. The highest BCUT2D eigenvalue weighted by molar-refractivity contribution is 9.09. The third-order valence-electron chi connectivity index (χ3n) is 4.18. The van der Waals surface area contributed by atoms with Gasteiger partial charge in [-0.3, -0.25) is 0 Å². The summed E-state index contributed by atoms with van der Waals surface area (Å²) in [6.07, 6.45) is 1.71. The maximum Gasteiger partial charge on any atom is 0.0704 e. The lowest BCUT2D eigenvalue weighted by atomic mass is 10.6. The molecule has 0 rings (SSSR count). The van der Waals surface area contributed by atoms with Crippen molar-refractivity contribution in [2.75, 3.05) is 151 Å². The van der Waals surface area contributed by atoms with Crippen molar-refractivity contribution in [1.82, 2.24) is 0 Å². The molecule has 0 bridgehead atoms. The van der Waals surface area contributed by atoms with Crippen LogP contribution in [0.1, 0.15) is 0 Å². The summed E-state index contributed by atoms with van der Waals surface area (Å²) in [4.78, 5) is 0. The molecular weight excluding hydrogens is 556 g/mol. The Morgan fingerprint density at radius 3 is 0.703 bits per heavy atom. The molecule has 0 aromatic carbocycles. The zero-order valence-corrected chi connectivity index (χ0v) is 24.0. The minimum absolute atomic E-state index is 0.520. The molecule has 0 aromatic rings. The van der Waals surface area contributed by atoms with Crippen LogP contribution in [0.15, 0.2) is 12.7 Å². The van der Waals surface area contributed by atoms with Gasteiger partial charge in [0.25, 0.3) is 0 Å². The molecule has 0 radical (unpaired) electrons. The van der Waals surface area contributed by atoms with Gasteiger partial charge in [-0.1, -0.05) is 22.0 Å². The lowest BCUT2D eigenvalue weighted by Gasteiger charge is -2.09. The fourth-order valence-electron chi connectivity index (χ4n) is 2.42. The third kappa shape index (κ3) is 35.8. The van der Waals surface area contributed by atoms with Gasteiger partial charge in [0.2, 0.25) is 0 Å². The van der Waals surface area contributed by atoms with E-state index in [0.717, 1.165) is 5.33 Å². The first-order chi connectivity index (χ1) is 18.4. The number of hydrogen-bond donors (Lipinski definition) is 0. The van der Waals surface area contributed by atoms with Crippen LogP contribution in [0.5, 0.6) is 0 Å². The van der Waals surface area contributed by atoms with Crippen LogP contribution in [0.3, 0.4) is 0 Å². The van der Waals surface area contributed by atoms with Crippen molar-refractivity contribution >= 4 is 15.9 Å². The summed E-state index contributed by atoms with van der Waals surface area (Å²) in [6, 6.07) is 0. The SMILES string of the molecule is C=CCOCCOCCOCCOCCOCCOCCOCCOCCOCCOCCOCCBr. The molecule has 0 fully saturated rings.